The lowest BCUT2D eigenvalue weighted by atomic mass is 9.86. The summed E-state index contributed by atoms with van der Waals surface area (Å²) in [5, 5.41) is 41.1. The number of ether oxygens (including phenoxy) is 2. The number of halogens is 1. The predicted molar refractivity (Wildman–Crippen MR) is 112 cm³/mol. The minimum Gasteiger partial charge on any atom is -0.388 e. The van der Waals surface area contributed by atoms with Gasteiger partial charge in [0.05, 0.1) is 24.2 Å². The maximum Gasteiger partial charge on any atom is 0.225 e. The van der Waals surface area contributed by atoms with Crippen molar-refractivity contribution in [3.05, 3.63) is 69.2 Å². The fourth-order valence-electron chi connectivity index (χ4n) is 4.70. The Morgan fingerprint density at radius 2 is 1.84 bits per heavy atom. The lowest BCUT2D eigenvalue weighted by molar-refractivity contribution is -0.362. The zero-order chi connectivity index (χ0) is 22.0. The van der Waals surface area contributed by atoms with Gasteiger partial charge in [0.1, 0.15) is 18.3 Å². The standard InChI is InChI=1S/C24H24ClNO5/c1-13-20(27)21(28)22(29)24(31-13)18-9-15(19(25)10-16(18)11-30-24)8-14-2-4-17(5-3-14)23(12-26)6-7-23/h2-5,9-10,13,20-22,27-29H,6-8,11H2,1H3/t13-,20-,21+,22-,24+/m1/s1. The number of fused-ring (bicyclic) bond motifs is 2. The fraction of sp³-hybridized carbons (Fsp3) is 0.458. The first kappa shape index (κ1) is 20.9. The van der Waals surface area contributed by atoms with Crippen LogP contribution in [0.15, 0.2) is 36.4 Å². The number of nitriles is 1. The average molecular weight is 442 g/mol. The molecule has 1 spiro atoms. The zero-order valence-corrected chi connectivity index (χ0v) is 17.8. The molecular formula is C24H24ClNO5. The summed E-state index contributed by atoms with van der Waals surface area (Å²) in [6.45, 7) is 1.82. The summed E-state index contributed by atoms with van der Waals surface area (Å²) in [5.41, 5.74) is 4.01. The highest BCUT2D eigenvalue weighted by molar-refractivity contribution is 6.31. The second-order valence-electron chi connectivity index (χ2n) is 8.87. The van der Waals surface area contributed by atoms with Gasteiger partial charge < -0.3 is 24.8 Å². The van der Waals surface area contributed by atoms with Gasteiger partial charge in [-0.1, -0.05) is 35.9 Å². The Morgan fingerprint density at radius 3 is 2.48 bits per heavy atom. The number of rotatable bonds is 3. The van der Waals surface area contributed by atoms with Crippen molar-refractivity contribution < 1.29 is 24.8 Å². The van der Waals surface area contributed by atoms with Crippen molar-refractivity contribution in [1.82, 2.24) is 0 Å². The van der Waals surface area contributed by atoms with Gasteiger partial charge in [0.15, 0.2) is 0 Å². The molecule has 0 radical (unpaired) electrons. The number of aliphatic hydroxyl groups excluding tert-OH is 3. The predicted octanol–water partition coefficient (Wildman–Crippen LogP) is 2.67. The Balaban J connectivity index is 1.46. The lowest BCUT2D eigenvalue weighted by Crippen LogP contribution is -2.62. The summed E-state index contributed by atoms with van der Waals surface area (Å²) in [6, 6.07) is 14.1. The van der Waals surface area contributed by atoms with E-state index in [1.54, 1.807) is 6.92 Å². The normalized spacial score (nSPS) is 33.2. The first-order valence-corrected chi connectivity index (χ1v) is 10.9. The minimum atomic E-state index is -1.54. The van der Waals surface area contributed by atoms with Crippen molar-refractivity contribution in [3.63, 3.8) is 0 Å². The van der Waals surface area contributed by atoms with Crippen molar-refractivity contribution in [1.29, 1.82) is 5.26 Å². The van der Waals surface area contributed by atoms with Crippen molar-refractivity contribution in [2.45, 2.75) is 68.4 Å². The molecule has 0 amide bonds. The molecule has 5 rings (SSSR count). The van der Waals surface area contributed by atoms with E-state index in [2.05, 4.69) is 6.07 Å². The van der Waals surface area contributed by atoms with Crippen LogP contribution < -0.4 is 0 Å². The second-order valence-corrected chi connectivity index (χ2v) is 9.28. The topological polar surface area (TPSA) is 103 Å². The van der Waals surface area contributed by atoms with Crippen molar-refractivity contribution in [3.8, 4) is 6.07 Å². The summed E-state index contributed by atoms with van der Waals surface area (Å²) < 4.78 is 11.8. The molecule has 3 N–H and O–H groups in total. The molecule has 1 saturated heterocycles. The quantitative estimate of drug-likeness (QED) is 0.676. The van der Waals surface area contributed by atoms with Gasteiger partial charge >= 0.3 is 0 Å². The number of hydrogen-bond donors (Lipinski definition) is 3. The van der Waals surface area contributed by atoms with Crippen LogP contribution in [-0.2, 0) is 33.7 Å². The highest BCUT2D eigenvalue weighted by Gasteiger charge is 2.57. The molecule has 31 heavy (non-hydrogen) atoms. The van der Waals surface area contributed by atoms with E-state index in [4.69, 9.17) is 21.1 Å². The Bertz CT molecular complexity index is 1060. The Morgan fingerprint density at radius 1 is 1.13 bits per heavy atom. The van der Waals surface area contributed by atoms with Crippen LogP contribution in [0.3, 0.4) is 0 Å². The first-order chi connectivity index (χ1) is 14.8. The van der Waals surface area contributed by atoms with Crippen LogP contribution in [0.4, 0.5) is 0 Å². The Labute approximate surface area is 185 Å². The number of benzene rings is 2. The van der Waals surface area contributed by atoms with Gasteiger partial charge in [0.2, 0.25) is 5.79 Å². The van der Waals surface area contributed by atoms with Gasteiger partial charge in [0.25, 0.3) is 0 Å². The average Bonchev–Trinajstić information content (AvgIpc) is 3.50. The van der Waals surface area contributed by atoms with E-state index < -0.39 is 30.2 Å². The van der Waals surface area contributed by atoms with E-state index in [0.717, 1.165) is 35.1 Å². The SMILES string of the molecule is C[C@H]1O[C@]2(OCc3cc(Cl)c(Cc4ccc(C5(C#N)CC5)cc4)cc32)[C@H](O)[C@@H](O)[C@@H]1O. The van der Waals surface area contributed by atoms with Crippen LogP contribution in [-0.4, -0.2) is 39.7 Å². The van der Waals surface area contributed by atoms with Gasteiger partial charge in [-0.25, -0.2) is 0 Å². The molecule has 1 aliphatic carbocycles. The van der Waals surface area contributed by atoms with E-state index >= 15 is 0 Å². The van der Waals surface area contributed by atoms with E-state index in [1.165, 1.54) is 0 Å². The Kier molecular flexibility index (Phi) is 4.91. The molecule has 5 atom stereocenters. The van der Waals surface area contributed by atoms with Gasteiger partial charge in [0, 0.05) is 10.6 Å². The summed E-state index contributed by atoms with van der Waals surface area (Å²) in [5.74, 6) is -1.54. The second kappa shape index (κ2) is 7.28. The molecule has 0 unspecified atom stereocenters. The van der Waals surface area contributed by atoms with Gasteiger partial charge in [-0.15, -0.1) is 0 Å². The summed E-state index contributed by atoms with van der Waals surface area (Å²) in [4.78, 5) is 0. The summed E-state index contributed by atoms with van der Waals surface area (Å²) >= 11 is 6.55. The van der Waals surface area contributed by atoms with E-state index in [-0.39, 0.29) is 12.0 Å². The van der Waals surface area contributed by atoms with Crippen molar-refractivity contribution in [2.75, 3.05) is 0 Å². The lowest BCUT2D eigenvalue weighted by Gasteiger charge is -2.45. The highest BCUT2D eigenvalue weighted by Crippen LogP contribution is 2.48. The molecule has 2 aromatic rings. The molecule has 2 heterocycles. The van der Waals surface area contributed by atoms with E-state index in [9.17, 15) is 20.6 Å². The van der Waals surface area contributed by atoms with Crippen LogP contribution in [0.2, 0.25) is 5.02 Å². The molecule has 2 fully saturated rings. The minimum absolute atomic E-state index is 0.187. The van der Waals surface area contributed by atoms with Crippen molar-refractivity contribution >= 4 is 11.6 Å². The molecule has 2 aliphatic heterocycles. The fourth-order valence-corrected chi connectivity index (χ4v) is 4.95. The van der Waals surface area contributed by atoms with Crippen LogP contribution in [0, 0.1) is 11.3 Å². The summed E-state index contributed by atoms with van der Waals surface area (Å²) in [6.07, 6.45) is -2.39. The molecule has 7 heteroatoms. The highest BCUT2D eigenvalue weighted by atomic mass is 35.5. The van der Waals surface area contributed by atoms with Crippen LogP contribution in [0.25, 0.3) is 0 Å². The third-order valence-corrected chi connectivity index (χ3v) is 7.21. The van der Waals surface area contributed by atoms with E-state index in [1.807, 2.05) is 36.4 Å². The molecule has 162 valence electrons. The number of hydrogen-bond acceptors (Lipinski definition) is 6. The number of aliphatic hydroxyl groups is 3. The van der Waals surface area contributed by atoms with Gasteiger partial charge in [-0.2, -0.15) is 5.26 Å². The molecule has 3 aliphatic rings. The molecule has 6 nitrogen and oxygen atoms in total. The Hall–Kier alpha value is -1.98. The largest absolute Gasteiger partial charge is 0.388 e. The monoisotopic (exact) mass is 441 g/mol. The maximum absolute atomic E-state index is 10.7. The zero-order valence-electron chi connectivity index (χ0n) is 17.1. The molecular weight excluding hydrogens is 418 g/mol. The molecule has 0 bridgehead atoms. The number of nitrogens with zero attached hydrogens (tertiary/aromatic N) is 1. The third-order valence-electron chi connectivity index (χ3n) is 6.86. The molecule has 1 saturated carbocycles. The van der Waals surface area contributed by atoms with Crippen molar-refractivity contribution in [2.24, 2.45) is 0 Å². The smallest absolute Gasteiger partial charge is 0.225 e. The van der Waals surface area contributed by atoms with Gasteiger partial charge in [-0.05, 0) is 60.6 Å². The third kappa shape index (κ3) is 3.20. The molecule has 2 aromatic carbocycles. The van der Waals surface area contributed by atoms with Crippen LogP contribution >= 0.6 is 11.6 Å². The van der Waals surface area contributed by atoms with Crippen LogP contribution in [0.5, 0.6) is 0 Å². The van der Waals surface area contributed by atoms with E-state index in [0.29, 0.717) is 17.0 Å². The van der Waals surface area contributed by atoms with Crippen LogP contribution in [0.1, 0.15) is 47.6 Å². The first-order valence-electron chi connectivity index (χ1n) is 10.5. The summed E-state index contributed by atoms with van der Waals surface area (Å²) in [7, 11) is 0. The van der Waals surface area contributed by atoms with Gasteiger partial charge in [-0.3, -0.25) is 0 Å². The maximum atomic E-state index is 10.7. The molecule has 0 aromatic heterocycles.